The maximum atomic E-state index is 12.8. The lowest BCUT2D eigenvalue weighted by Crippen LogP contribution is -3.10. The third-order valence-corrected chi connectivity index (χ3v) is 6.46. The van der Waals surface area contributed by atoms with Crippen molar-refractivity contribution in [1.82, 2.24) is 0 Å². The van der Waals surface area contributed by atoms with Gasteiger partial charge in [-0.05, 0) is 48.4 Å². The number of aliphatic hydroxyl groups is 1. The van der Waals surface area contributed by atoms with Crippen LogP contribution < -0.4 is 23.8 Å². The Morgan fingerprint density at radius 3 is 2.55 bits per heavy atom. The number of carbonyl (C=O) groups excluding carboxylic acids is 1. The first kappa shape index (κ1) is 23.4. The predicted molar refractivity (Wildman–Crippen MR) is 123 cm³/mol. The molecule has 0 radical (unpaired) electrons. The molecular formula is C26H34NO6+. The first-order chi connectivity index (χ1) is 16.1. The Morgan fingerprint density at radius 2 is 1.79 bits per heavy atom. The molecule has 0 spiro atoms. The van der Waals surface area contributed by atoms with Crippen molar-refractivity contribution in [2.75, 3.05) is 40.1 Å². The molecule has 2 aromatic rings. The molecular weight excluding hydrogens is 422 g/mol. The van der Waals surface area contributed by atoms with Gasteiger partial charge in [-0.15, -0.1) is 0 Å². The third-order valence-electron chi connectivity index (χ3n) is 6.46. The van der Waals surface area contributed by atoms with Gasteiger partial charge in [0.05, 0.1) is 39.5 Å². The van der Waals surface area contributed by atoms with Gasteiger partial charge in [0.2, 0.25) is 6.79 Å². The molecule has 2 aromatic carbocycles. The Morgan fingerprint density at radius 1 is 1.06 bits per heavy atom. The summed E-state index contributed by atoms with van der Waals surface area (Å²) in [5.41, 5.74) is 0.776. The highest BCUT2D eigenvalue weighted by Crippen LogP contribution is 2.36. The second-order valence-corrected chi connectivity index (χ2v) is 8.85. The number of hydrogen-bond acceptors (Lipinski definition) is 6. The van der Waals surface area contributed by atoms with E-state index < -0.39 is 6.10 Å². The Kier molecular flexibility index (Phi) is 8.07. The molecule has 0 saturated carbocycles. The number of likely N-dealkylation sites (tertiary alicyclic amines) is 1. The lowest BCUT2D eigenvalue weighted by atomic mass is 9.89. The maximum absolute atomic E-state index is 12.8. The molecule has 2 aliphatic heterocycles. The first-order valence-electron chi connectivity index (χ1n) is 11.8. The van der Waals surface area contributed by atoms with Crippen LogP contribution in [0.4, 0.5) is 0 Å². The molecule has 0 unspecified atom stereocenters. The van der Waals surface area contributed by atoms with Crippen LogP contribution in [0.1, 0.15) is 43.8 Å². The number of fused-ring (bicyclic) bond motifs is 1. The lowest BCUT2D eigenvalue weighted by molar-refractivity contribution is -0.891. The number of ketones is 1. The van der Waals surface area contributed by atoms with Crippen molar-refractivity contribution in [1.29, 1.82) is 0 Å². The zero-order valence-electron chi connectivity index (χ0n) is 19.3. The quantitative estimate of drug-likeness (QED) is 0.478. The summed E-state index contributed by atoms with van der Waals surface area (Å²) < 4.78 is 21.7. The molecule has 33 heavy (non-hydrogen) atoms. The fraction of sp³-hybridized carbons (Fsp3) is 0.500. The highest BCUT2D eigenvalue weighted by molar-refractivity contribution is 5.78. The smallest absolute Gasteiger partial charge is 0.231 e. The number of rotatable bonds is 12. The fourth-order valence-corrected chi connectivity index (χ4v) is 4.64. The molecule has 7 nitrogen and oxygen atoms in total. The molecule has 0 amide bonds. The normalized spacial score (nSPS) is 17.0. The fourth-order valence-electron chi connectivity index (χ4n) is 4.64. The number of Topliss-reactive ketones (excluding diaryl/α,β-unsaturated/α-hetero) is 1. The summed E-state index contributed by atoms with van der Waals surface area (Å²) in [4.78, 5) is 14.3. The molecule has 7 heteroatoms. The van der Waals surface area contributed by atoms with E-state index in [2.05, 4.69) is 0 Å². The van der Waals surface area contributed by atoms with Gasteiger partial charge in [0.15, 0.2) is 11.5 Å². The molecule has 4 rings (SSSR count). The van der Waals surface area contributed by atoms with Gasteiger partial charge in [-0.1, -0.05) is 6.07 Å². The summed E-state index contributed by atoms with van der Waals surface area (Å²) in [6.45, 7) is 3.68. The van der Waals surface area contributed by atoms with Gasteiger partial charge in [0.1, 0.15) is 17.3 Å². The Labute approximate surface area is 195 Å². The van der Waals surface area contributed by atoms with E-state index in [9.17, 15) is 9.90 Å². The van der Waals surface area contributed by atoms with E-state index in [0.717, 1.165) is 36.7 Å². The monoisotopic (exact) mass is 456 g/mol. The van der Waals surface area contributed by atoms with Crippen molar-refractivity contribution < 1.29 is 33.7 Å². The van der Waals surface area contributed by atoms with Crippen molar-refractivity contribution in [3.63, 3.8) is 0 Å². The third kappa shape index (κ3) is 6.39. The highest BCUT2D eigenvalue weighted by atomic mass is 16.7. The summed E-state index contributed by atoms with van der Waals surface area (Å²) in [7, 11) is 1.63. The molecule has 1 saturated heterocycles. The van der Waals surface area contributed by atoms with Gasteiger partial charge < -0.3 is 29.0 Å². The minimum absolute atomic E-state index is 0.131. The number of hydrogen-bond donors (Lipinski definition) is 2. The Balaban J connectivity index is 1.30. The standard InChI is InChI=1S/C26H33NO6/c1-30-22-7-9-23(10-8-22)31-14-4-5-21(28)15-20(17-27-12-2-3-13-27)26(29)19-6-11-24-25(16-19)33-18-32-24/h6-11,16,20,26,29H,2-5,12-15,17-18H2,1H3/p+1/t20-,26-/m1/s1. The van der Waals surface area contributed by atoms with Crippen LogP contribution in [0.15, 0.2) is 42.5 Å². The number of nitrogens with one attached hydrogen (secondary N) is 1. The second kappa shape index (κ2) is 11.4. The van der Waals surface area contributed by atoms with Crippen molar-refractivity contribution >= 4 is 5.78 Å². The van der Waals surface area contributed by atoms with Gasteiger partial charge >= 0.3 is 0 Å². The van der Waals surface area contributed by atoms with Gasteiger partial charge in [-0.25, -0.2) is 0 Å². The highest BCUT2D eigenvalue weighted by Gasteiger charge is 2.30. The molecule has 2 atom stereocenters. The molecule has 2 heterocycles. The van der Waals surface area contributed by atoms with E-state index in [4.69, 9.17) is 18.9 Å². The number of aliphatic hydroxyl groups excluding tert-OH is 1. The van der Waals surface area contributed by atoms with Crippen LogP contribution in [0.3, 0.4) is 0 Å². The average molecular weight is 457 g/mol. The minimum Gasteiger partial charge on any atom is -0.497 e. The van der Waals surface area contributed by atoms with Crippen molar-refractivity contribution in [3.05, 3.63) is 48.0 Å². The minimum atomic E-state index is -0.716. The van der Waals surface area contributed by atoms with E-state index in [1.54, 1.807) is 7.11 Å². The van der Waals surface area contributed by atoms with Gasteiger partial charge in [0.25, 0.3) is 0 Å². The molecule has 0 aromatic heterocycles. The lowest BCUT2D eigenvalue weighted by Gasteiger charge is -2.25. The van der Waals surface area contributed by atoms with E-state index in [1.165, 1.54) is 17.7 Å². The van der Waals surface area contributed by atoms with Gasteiger partial charge in [-0.2, -0.15) is 0 Å². The number of methoxy groups -OCH3 is 1. The van der Waals surface area contributed by atoms with Crippen LogP contribution in [0.5, 0.6) is 23.0 Å². The molecule has 0 bridgehead atoms. The van der Waals surface area contributed by atoms with Crippen LogP contribution in [0.25, 0.3) is 0 Å². The van der Waals surface area contributed by atoms with Crippen LogP contribution in [0.2, 0.25) is 0 Å². The van der Waals surface area contributed by atoms with E-state index >= 15 is 0 Å². The number of carbonyl (C=O) groups is 1. The SMILES string of the molecule is COc1ccc(OCCCC(=O)C[C@H](C[NH+]2CCCC2)[C@H](O)c2ccc3c(c2)OCO3)cc1. The Bertz CT molecular complexity index is 909. The molecule has 178 valence electrons. The Hall–Kier alpha value is -2.77. The average Bonchev–Trinajstić information content (AvgIpc) is 3.53. The first-order valence-corrected chi connectivity index (χ1v) is 11.8. The van der Waals surface area contributed by atoms with Crippen LogP contribution in [-0.4, -0.2) is 51.0 Å². The van der Waals surface area contributed by atoms with Crippen molar-refractivity contribution in [3.8, 4) is 23.0 Å². The second-order valence-electron chi connectivity index (χ2n) is 8.85. The van der Waals surface area contributed by atoms with Crippen molar-refractivity contribution in [2.45, 2.75) is 38.2 Å². The number of benzene rings is 2. The molecule has 2 aliphatic rings. The zero-order chi connectivity index (χ0) is 23.0. The molecule has 2 N–H and O–H groups in total. The van der Waals surface area contributed by atoms with Crippen LogP contribution in [0, 0.1) is 5.92 Å². The molecule has 1 fully saturated rings. The van der Waals surface area contributed by atoms with Crippen LogP contribution in [-0.2, 0) is 4.79 Å². The van der Waals surface area contributed by atoms with E-state index in [1.807, 2.05) is 42.5 Å². The summed E-state index contributed by atoms with van der Waals surface area (Å²) in [5, 5.41) is 11.2. The topological polar surface area (TPSA) is 78.7 Å². The van der Waals surface area contributed by atoms with E-state index in [0.29, 0.717) is 37.4 Å². The summed E-state index contributed by atoms with van der Waals surface area (Å²) in [6.07, 6.45) is 3.15. The summed E-state index contributed by atoms with van der Waals surface area (Å²) in [5.74, 6) is 2.92. The maximum Gasteiger partial charge on any atom is 0.231 e. The van der Waals surface area contributed by atoms with Crippen molar-refractivity contribution in [2.24, 2.45) is 5.92 Å². The van der Waals surface area contributed by atoms with Gasteiger partial charge in [-0.3, -0.25) is 4.79 Å². The summed E-state index contributed by atoms with van der Waals surface area (Å²) in [6, 6.07) is 13.0. The number of ether oxygens (including phenoxy) is 4. The van der Waals surface area contributed by atoms with Crippen LogP contribution >= 0.6 is 0 Å². The molecule has 0 aliphatic carbocycles. The number of quaternary nitrogens is 1. The van der Waals surface area contributed by atoms with Gasteiger partial charge in [0, 0.05) is 31.6 Å². The zero-order valence-corrected chi connectivity index (χ0v) is 19.3. The van der Waals surface area contributed by atoms with E-state index in [-0.39, 0.29) is 18.5 Å². The predicted octanol–water partition coefficient (Wildman–Crippen LogP) is 2.57. The summed E-state index contributed by atoms with van der Waals surface area (Å²) >= 11 is 0. The largest absolute Gasteiger partial charge is 0.497 e.